The van der Waals surface area contributed by atoms with E-state index in [1.165, 1.54) is 11.6 Å². The summed E-state index contributed by atoms with van der Waals surface area (Å²) in [6, 6.07) is 8.47. The maximum absolute atomic E-state index is 11.1. The molecule has 102 valence electrons. The van der Waals surface area contributed by atoms with Gasteiger partial charge in [-0.1, -0.05) is 38.1 Å². The number of rotatable bonds is 5. The highest BCUT2D eigenvalue weighted by atomic mass is 16.5. The molecule has 19 heavy (non-hydrogen) atoms. The van der Waals surface area contributed by atoms with Gasteiger partial charge in [0.2, 0.25) is 0 Å². The van der Waals surface area contributed by atoms with Gasteiger partial charge in [0.1, 0.15) is 12.4 Å². The standard InChI is InChI=1S/C16H20O3/c1-3-12(2)14-6-4-13(5-7-14)11-19-15-8-9-18-16(17)10-15/h4-7,10,12H,3,8-9,11H2,1-2H3. The van der Waals surface area contributed by atoms with Gasteiger partial charge in [-0.05, 0) is 23.5 Å². The van der Waals surface area contributed by atoms with Gasteiger partial charge in [0.25, 0.3) is 0 Å². The quantitative estimate of drug-likeness (QED) is 0.759. The number of hydrogen-bond donors (Lipinski definition) is 0. The minimum Gasteiger partial charge on any atom is -0.493 e. The maximum atomic E-state index is 11.1. The van der Waals surface area contributed by atoms with Crippen LogP contribution in [0, 0.1) is 0 Å². The van der Waals surface area contributed by atoms with Gasteiger partial charge in [0.15, 0.2) is 0 Å². The van der Waals surface area contributed by atoms with Crippen LogP contribution in [0.15, 0.2) is 36.1 Å². The van der Waals surface area contributed by atoms with Crippen LogP contribution >= 0.6 is 0 Å². The number of ether oxygens (including phenoxy) is 2. The minimum absolute atomic E-state index is 0.312. The van der Waals surface area contributed by atoms with Crippen LogP contribution in [0.5, 0.6) is 0 Å². The lowest BCUT2D eigenvalue weighted by molar-refractivity contribution is -0.139. The number of carbonyl (C=O) groups is 1. The second kappa shape index (κ2) is 6.41. The molecular formula is C16H20O3. The first-order valence-electron chi connectivity index (χ1n) is 6.78. The van der Waals surface area contributed by atoms with Crippen LogP contribution in [0.2, 0.25) is 0 Å². The molecule has 0 bridgehead atoms. The lowest BCUT2D eigenvalue weighted by atomic mass is 9.98. The Morgan fingerprint density at radius 1 is 1.32 bits per heavy atom. The maximum Gasteiger partial charge on any atom is 0.334 e. The van der Waals surface area contributed by atoms with E-state index >= 15 is 0 Å². The Morgan fingerprint density at radius 3 is 2.68 bits per heavy atom. The van der Waals surface area contributed by atoms with Crippen molar-refractivity contribution in [1.29, 1.82) is 0 Å². The third-order valence-corrected chi connectivity index (χ3v) is 3.46. The molecular weight excluding hydrogens is 240 g/mol. The molecule has 0 aromatic heterocycles. The van der Waals surface area contributed by atoms with Crippen molar-refractivity contribution in [3.8, 4) is 0 Å². The van der Waals surface area contributed by atoms with Gasteiger partial charge in [-0.25, -0.2) is 4.79 Å². The van der Waals surface area contributed by atoms with Crippen molar-refractivity contribution >= 4 is 5.97 Å². The molecule has 3 heteroatoms. The van der Waals surface area contributed by atoms with E-state index in [4.69, 9.17) is 9.47 Å². The van der Waals surface area contributed by atoms with Crippen molar-refractivity contribution < 1.29 is 14.3 Å². The van der Waals surface area contributed by atoms with Crippen LogP contribution in [-0.4, -0.2) is 12.6 Å². The van der Waals surface area contributed by atoms with Crippen molar-refractivity contribution in [2.24, 2.45) is 0 Å². The summed E-state index contributed by atoms with van der Waals surface area (Å²) in [6.07, 6.45) is 3.23. The Bertz CT molecular complexity index is 459. The van der Waals surface area contributed by atoms with Gasteiger partial charge in [-0.3, -0.25) is 0 Å². The van der Waals surface area contributed by atoms with Crippen LogP contribution in [0.25, 0.3) is 0 Å². The average Bonchev–Trinajstić information content (AvgIpc) is 2.45. The Labute approximate surface area is 114 Å². The van der Waals surface area contributed by atoms with Crippen LogP contribution < -0.4 is 0 Å². The van der Waals surface area contributed by atoms with E-state index < -0.39 is 0 Å². The fraction of sp³-hybridized carbons (Fsp3) is 0.438. The first-order valence-corrected chi connectivity index (χ1v) is 6.78. The number of esters is 1. The molecule has 0 amide bonds. The van der Waals surface area contributed by atoms with E-state index in [9.17, 15) is 4.79 Å². The summed E-state index contributed by atoms with van der Waals surface area (Å²) in [5, 5.41) is 0. The molecule has 0 fully saturated rings. The molecule has 1 aromatic rings. The zero-order valence-corrected chi connectivity index (χ0v) is 11.5. The molecule has 0 saturated carbocycles. The Kier molecular flexibility index (Phi) is 4.61. The predicted molar refractivity (Wildman–Crippen MR) is 73.6 cm³/mol. The smallest absolute Gasteiger partial charge is 0.334 e. The molecule has 0 spiro atoms. The van der Waals surface area contributed by atoms with Crippen molar-refractivity contribution in [3.63, 3.8) is 0 Å². The van der Waals surface area contributed by atoms with Crippen LogP contribution in [0.3, 0.4) is 0 Å². The van der Waals surface area contributed by atoms with E-state index in [-0.39, 0.29) is 5.97 Å². The van der Waals surface area contributed by atoms with E-state index in [0.717, 1.165) is 12.0 Å². The average molecular weight is 260 g/mol. The summed E-state index contributed by atoms with van der Waals surface area (Å²) in [7, 11) is 0. The summed E-state index contributed by atoms with van der Waals surface area (Å²) in [6.45, 7) is 5.33. The van der Waals surface area contributed by atoms with Crippen molar-refractivity contribution in [2.75, 3.05) is 6.61 Å². The molecule has 0 N–H and O–H groups in total. The largest absolute Gasteiger partial charge is 0.493 e. The number of hydrogen-bond acceptors (Lipinski definition) is 3. The van der Waals surface area contributed by atoms with E-state index in [1.807, 2.05) is 0 Å². The fourth-order valence-electron chi connectivity index (χ4n) is 1.97. The van der Waals surface area contributed by atoms with Crippen molar-refractivity contribution in [1.82, 2.24) is 0 Å². The molecule has 3 nitrogen and oxygen atoms in total. The lowest BCUT2D eigenvalue weighted by Crippen LogP contribution is -2.12. The summed E-state index contributed by atoms with van der Waals surface area (Å²) in [4.78, 5) is 11.1. The molecule has 0 aliphatic carbocycles. The van der Waals surface area contributed by atoms with Crippen LogP contribution in [0.1, 0.15) is 43.7 Å². The van der Waals surface area contributed by atoms with E-state index in [0.29, 0.717) is 31.3 Å². The summed E-state index contributed by atoms with van der Waals surface area (Å²) >= 11 is 0. The molecule has 1 aliphatic heterocycles. The predicted octanol–water partition coefficient (Wildman–Crippen LogP) is 3.55. The highest BCUT2D eigenvalue weighted by molar-refractivity contribution is 5.83. The number of cyclic esters (lactones) is 1. The second-order valence-electron chi connectivity index (χ2n) is 4.87. The molecule has 1 unspecified atom stereocenters. The zero-order valence-electron chi connectivity index (χ0n) is 11.5. The van der Waals surface area contributed by atoms with Crippen LogP contribution in [0.4, 0.5) is 0 Å². The Morgan fingerprint density at radius 2 is 2.05 bits per heavy atom. The summed E-state index contributed by atoms with van der Waals surface area (Å²) < 4.78 is 10.4. The monoisotopic (exact) mass is 260 g/mol. The third-order valence-electron chi connectivity index (χ3n) is 3.46. The molecule has 1 aliphatic rings. The van der Waals surface area contributed by atoms with E-state index in [2.05, 4.69) is 38.1 Å². The number of carbonyl (C=O) groups excluding carboxylic acids is 1. The fourth-order valence-corrected chi connectivity index (χ4v) is 1.97. The Hall–Kier alpha value is -1.77. The van der Waals surface area contributed by atoms with Gasteiger partial charge in [0, 0.05) is 6.42 Å². The van der Waals surface area contributed by atoms with E-state index in [1.54, 1.807) is 0 Å². The topological polar surface area (TPSA) is 35.5 Å². The second-order valence-corrected chi connectivity index (χ2v) is 4.87. The van der Waals surface area contributed by atoms with Gasteiger partial charge in [-0.15, -0.1) is 0 Å². The van der Waals surface area contributed by atoms with Crippen LogP contribution in [-0.2, 0) is 20.9 Å². The highest BCUT2D eigenvalue weighted by Crippen LogP contribution is 2.20. The molecule has 1 aromatic carbocycles. The zero-order chi connectivity index (χ0) is 13.7. The van der Waals surface area contributed by atoms with Crippen molar-refractivity contribution in [3.05, 3.63) is 47.2 Å². The first kappa shape index (κ1) is 13.7. The number of benzene rings is 1. The SMILES string of the molecule is CCC(C)c1ccc(COC2=CC(=O)OCC2)cc1. The highest BCUT2D eigenvalue weighted by Gasteiger charge is 2.11. The minimum atomic E-state index is -0.312. The molecule has 0 saturated heterocycles. The lowest BCUT2D eigenvalue weighted by Gasteiger charge is -2.15. The van der Waals surface area contributed by atoms with Gasteiger partial charge in [-0.2, -0.15) is 0 Å². The van der Waals surface area contributed by atoms with Gasteiger partial charge >= 0.3 is 5.97 Å². The third kappa shape index (κ3) is 3.85. The van der Waals surface area contributed by atoms with Gasteiger partial charge in [0.05, 0.1) is 12.7 Å². The van der Waals surface area contributed by atoms with Crippen molar-refractivity contribution in [2.45, 2.75) is 39.2 Å². The summed E-state index contributed by atoms with van der Waals surface area (Å²) in [5.74, 6) is 0.987. The summed E-state index contributed by atoms with van der Waals surface area (Å²) in [5.41, 5.74) is 2.47. The van der Waals surface area contributed by atoms with Gasteiger partial charge < -0.3 is 9.47 Å². The molecule has 1 heterocycles. The molecule has 0 radical (unpaired) electrons. The molecule has 2 rings (SSSR count). The first-order chi connectivity index (χ1) is 9.19. The normalized spacial score (nSPS) is 16.5. The molecule has 1 atom stereocenters. The Balaban J connectivity index is 1.91.